The van der Waals surface area contributed by atoms with E-state index >= 15 is 0 Å². The molecule has 2 rings (SSSR count). The van der Waals surface area contributed by atoms with Gasteiger partial charge in [0, 0.05) is 12.1 Å². The van der Waals surface area contributed by atoms with Gasteiger partial charge in [0.25, 0.3) is 8.32 Å². The van der Waals surface area contributed by atoms with Gasteiger partial charge in [-0.15, -0.1) is 0 Å². The molecule has 0 spiro atoms. The van der Waals surface area contributed by atoms with E-state index in [9.17, 15) is 17.6 Å². The topological polar surface area (TPSA) is 9.23 Å². The van der Waals surface area contributed by atoms with E-state index in [1.54, 1.807) is 0 Å². The SMILES string of the molecule is CCCCCCCCC[Si](Cc1ccccc1)(Oc1c(F)cc(F)c(F)c1F)C(C)C. The first-order valence-corrected chi connectivity index (χ1v) is 13.8. The molecule has 0 saturated heterocycles. The zero-order chi connectivity index (χ0) is 22.9. The summed E-state index contributed by atoms with van der Waals surface area (Å²) in [5, 5.41) is 0. The fourth-order valence-electron chi connectivity index (χ4n) is 3.96. The van der Waals surface area contributed by atoms with Crippen molar-refractivity contribution in [2.45, 2.75) is 83.3 Å². The van der Waals surface area contributed by atoms with Crippen LogP contribution in [0, 0.1) is 23.3 Å². The lowest BCUT2D eigenvalue weighted by Gasteiger charge is -2.36. The van der Waals surface area contributed by atoms with E-state index in [1.165, 1.54) is 25.7 Å². The highest BCUT2D eigenvalue weighted by Gasteiger charge is 2.42. The number of hydrogen-bond donors (Lipinski definition) is 0. The third-order valence-electron chi connectivity index (χ3n) is 5.98. The highest BCUT2D eigenvalue weighted by Crippen LogP contribution is 2.37. The van der Waals surface area contributed by atoms with Crippen LogP contribution < -0.4 is 4.43 Å². The predicted octanol–water partition coefficient (Wildman–Crippen LogP) is 8.51. The Morgan fingerprint density at radius 1 is 0.806 bits per heavy atom. The zero-order valence-corrected chi connectivity index (χ0v) is 19.8. The Morgan fingerprint density at radius 3 is 2.03 bits per heavy atom. The van der Waals surface area contributed by atoms with E-state index in [-0.39, 0.29) is 5.54 Å². The Kier molecular flexibility index (Phi) is 10.1. The van der Waals surface area contributed by atoms with Crippen LogP contribution in [-0.4, -0.2) is 8.32 Å². The second-order valence-corrected chi connectivity index (χ2v) is 13.0. The molecular formula is C25H34F4OSi. The van der Waals surface area contributed by atoms with Gasteiger partial charge in [-0.3, -0.25) is 0 Å². The third-order valence-corrected chi connectivity index (χ3v) is 10.9. The molecule has 31 heavy (non-hydrogen) atoms. The Hall–Kier alpha value is -1.82. The molecule has 172 valence electrons. The predicted molar refractivity (Wildman–Crippen MR) is 121 cm³/mol. The van der Waals surface area contributed by atoms with Gasteiger partial charge in [0.15, 0.2) is 23.2 Å². The van der Waals surface area contributed by atoms with Crippen molar-refractivity contribution < 1.29 is 22.0 Å². The Morgan fingerprint density at radius 2 is 1.42 bits per heavy atom. The Balaban J connectivity index is 2.27. The van der Waals surface area contributed by atoms with Crippen LogP contribution in [-0.2, 0) is 6.04 Å². The van der Waals surface area contributed by atoms with Gasteiger partial charge in [-0.1, -0.05) is 96.0 Å². The zero-order valence-electron chi connectivity index (χ0n) is 18.8. The van der Waals surface area contributed by atoms with E-state index < -0.39 is 37.3 Å². The summed E-state index contributed by atoms with van der Waals surface area (Å²) in [7, 11) is -2.80. The molecule has 1 nitrogen and oxygen atoms in total. The lowest BCUT2D eigenvalue weighted by atomic mass is 10.1. The van der Waals surface area contributed by atoms with Gasteiger partial charge in [-0.25, -0.2) is 13.2 Å². The molecule has 0 N–H and O–H groups in total. The van der Waals surface area contributed by atoms with Gasteiger partial charge in [-0.05, 0) is 17.1 Å². The van der Waals surface area contributed by atoms with Gasteiger partial charge >= 0.3 is 0 Å². The monoisotopic (exact) mass is 454 g/mol. The highest BCUT2D eigenvalue weighted by molar-refractivity contribution is 6.75. The van der Waals surface area contributed by atoms with Crippen LogP contribution in [0.3, 0.4) is 0 Å². The molecule has 0 saturated carbocycles. The van der Waals surface area contributed by atoms with Crippen molar-refractivity contribution in [3.8, 4) is 5.75 Å². The molecule has 0 bridgehead atoms. The van der Waals surface area contributed by atoms with Gasteiger partial charge < -0.3 is 4.43 Å². The normalized spacial score (nSPS) is 13.4. The maximum atomic E-state index is 14.5. The number of hydrogen-bond acceptors (Lipinski definition) is 1. The van der Waals surface area contributed by atoms with E-state index in [0.717, 1.165) is 24.8 Å². The molecule has 2 aromatic carbocycles. The van der Waals surface area contributed by atoms with Gasteiger partial charge in [0.2, 0.25) is 5.82 Å². The summed E-state index contributed by atoms with van der Waals surface area (Å²) in [6, 6.07) is 11.3. The summed E-state index contributed by atoms with van der Waals surface area (Å²) in [5.74, 6) is -6.80. The van der Waals surface area contributed by atoms with E-state index in [2.05, 4.69) is 6.92 Å². The van der Waals surface area contributed by atoms with Gasteiger partial charge in [-0.2, -0.15) is 4.39 Å². The van der Waals surface area contributed by atoms with Gasteiger partial charge in [0.1, 0.15) is 0 Å². The van der Waals surface area contributed by atoms with Crippen molar-refractivity contribution in [2.75, 3.05) is 0 Å². The van der Waals surface area contributed by atoms with Crippen LogP contribution in [0.25, 0.3) is 0 Å². The first kappa shape index (κ1) is 25.4. The minimum Gasteiger partial charge on any atom is -0.539 e. The molecule has 2 aromatic rings. The van der Waals surface area contributed by atoms with Crippen molar-refractivity contribution in [2.24, 2.45) is 0 Å². The summed E-state index contributed by atoms with van der Waals surface area (Å²) >= 11 is 0. The first-order chi connectivity index (χ1) is 14.8. The second-order valence-electron chi connectivity index (χ2n) is 8.65. The number of unbranched alkanes of at least 4 members (excludes halogenated alkanes) is 6. The van der Waals surface area contributed by atoms with Crippen LogP contribution in [0.5, 0.6) is 5.75 Å². The average Bonchev–Trinajstić information content (AvgIpc) is 2.75. The van der Waals surface area contributed by atoms with Crippen LogP contribution in [0.15, 0.2) is 36.4 Å². The maximum absolute atomic E-state index is 14.5. The Labute approximate surface area is 185 Å². The minimum atomic E-state index is -2.80. The van der Waals surface area contributed by atoms with Crippen molar-refractivity contribution in [3.63, 3.8) is 0 Å². The van der Waals surface area contributed by atoms with E-state index in [4.69, 9.17) is 4.43 Å². The van der Waals surface area contributed by atoms with E-state index in [0.29, 0.717) is 18.2 Å². The van der Waals surface area contributed by atoms with Crippen molar-refractivity contribution in [3.05, 3.63) is 65.2 Å². The standard InChI is InChI=1S/C25H34F4OSi/c1-4-5-6-7-8-9-13-16-31(19(2)3,18-20-14-11-10-12-15-20)30-25-22(27)17-21(26)23(28)24(25)29/h10-12,14-15,17,19H,4-9,13,16,18H2,1-3H3. The molecular weight excluding hydrogens is 420 g/mol. The smallest absolute Gasteiger partial charge is 0.258 e. The van der Waals surface area contributed by atoms with Crippen LogP contribution in [0.1, 0.15) is 71.3 Å². The average molecular weight is 455 g/mol. The molecule has 0 fully saturated rings. The molecule has 0 heterocycles. The minimum absolute atomic E-state index is 0.0275. The van der Waals surface area contributed by atoms with Crippen molar-refractivity contribution in [1.29, 1.82) is 0 Å². The summed E-state index contributed by atoms with van der Waals surface area (Å²) < 4.78 is 62.3. The van der Waals surface area contributed by atoms with Crippen LogP contribution in [0.4, 0.5) is 17.6 Å². The summed E-state index contributed by atoms with van der Waals surface area (Å²) in [6.07, 6.45) is 7.84. The Bertz CT molecular complexity index is 813. The van der Waals surface area contributed by atoms with Crippen molar-refractivity contribution in [1.82, 2.24) is 0 Å². The first-order valence-electron chi connectivity index (χ1n) is 11.4. The van der Waals surface area contributed by atoms with Crippen molar-refractivity contribution >= 4 is 8.32 Å². The molecule has 0 aliphatic rings. The second kappa shape index (κ2) is 12.3. The third kappa shape index (κ3) is 7.09. The van der Waals surface area contributed by atoms with Crippen LogP contribution in [0.2, 0.25) is 11.6 Å². The molecule has 0 aromatic heterocycles. The molecule has 0 amide bonds. The lowest BCUT2D eigenvalue weighted by Crippen LogP contribution is -2.48. The maximum Gasteiger partial charge on any atom is 0.258 e. The van der Waals surface area contributed by atoms with E-state index in [1.807, 2.05) is 44.2 Å². The fourth-order valence-corrected chi connectivity index (χ4v) is 7.90. The molecule has 0 radical (unpaired) electrons. The van der Waals surface area contributed by atoms with Gasteiger partial charge in [0.05, 0.1) is 0 Å². The molecule has 0 aliphatic carbocycles. The summed E-state index contributed by atoms with van der Waals surface area (Å²) in [4.78, 5) is 0. The van der Waals surface area contributed by atoms with Crippen LogP contribution >= 0.6 is 0 Å². The number of rotatable bonds is 13. The number of halogens is 4. The molecule has 1 atom stereocenters. The largest absolute Gasteiger partial charge is 0.539 e. The fraction of sp³-hybridized carbons (Fsp3) is 0.520. The summed E-state index contributed by atoms with van der Waals surface area (Å²) in [6.45, 7) is 6.16. The lowest BCUT2D eigenvalue weighted by molar-refractivity contribution is 0.380. The molecule has 6 heteroatoms. The number of benzene rings is 2. The molecule has 1 unspecified atom stereocenters. The molecule has 0 aliphatic heterocycles. The highest BCUT2D eigenvalue weighted by atomic mass is 28.4. The summed E-state index contributed by atoms with van der Waals surface area (Å²) in [5.41, 5.74) is 1.05. The quantitative estimate of drug-likeness (QED) is 0.0969.